The van der Waals surface area contributed by atoms with E-state index in [0.717, 1.165) is 11.3 Å². The Labute approximate surface area is 121 Å². The molecule has 2 rings (SSSR count). The Morgan fingerprint density at radius 3 is 2.31 bits per heavy atom. The molecule has 0 bridgehead atoms. The summed E-state index contributed by atoms with van der Waals surface area (Å²) in [5, 5.41) is 7.81. The van der Waals surface area contributed by atoms with E-state index in [9.17, 15) is 0 Å². The van der Waals surface area contributed by atoms with Gasteiger partial charge in [0.05, 0.1) is 5.69 Å². The summed E-state index contributed by atoms with van der Waals surface area (Å²) in [4.78, 5) is 0. The third-order valence-corrected chi connectivity index (χ3v) is 1.64. The third kappa shape index (κ3) is 2.97. The maximum absolute atomic E-state index is 4.00. The number of hydrogen-bond acceptors (Lipinski definition) is 2. The van der Waals surface area contributed by atoms with Crippen LogP contribution in [0.25, 0.3) is 11.3 Å². The molecule has 1 aromatic heterocycles. The first-order valence-electron chi connectivity index (χ1n) is 3.80. The van der Waals surface area contributed by atoms with Crippen LogP contribution in [-0.2, 0) is 0 Å². The molecule has 2 aromatic rings. The van der Waals surface area contributed by atoms with Crippen molar-refractivity contribution in [3.05, 3.63) is 48.7 Å². The second-order valence-corrected chi connectivity index (χ2v) is 2.47. The van der Waals surface area contributed by atoms with E-state index in [2.05, 4.69) is 10.2 Å². The molecule has 0 amide bonds. The second kappa shape index (κ2) is 5.62. The van der Waals surface area contributed by atoms with Gasteiger partial charge in [0, 0.05) is 11.8 Å². The van der Waals surface area contributed by atoms with Gasteiger partial charge in [-0.05, 0) is 12.1 Å². The van der Waals surface area contributed by atoms with Gasteiger partial charge >= 0.3 is 51.4 Å². The molecule has 0 spiro atoms. The zero-order chi connectivity index (χ0) is 8.23. The Kier molecular flexibility index (Phi) is 4.76. The molecular formula is C10H9KN2. The van der Waals surface area contributed by atoms with Crippen molar-refractivity contribution in [2.75, 3.05) is 0 Å². The first-order chi connectivity index (χ1) is 5.97. The summed E-state index contributed by atoms with van der Waals surface area (Å²) < 4.78 is 0. The monoisotopic (exact) mass is 196 g/mol. The quantitative estimate of drug-likeness (QED) is 0.562. The molecule has 0 radical (unpaired) electrons. The summed E-state index contributed by atoms with van der Waals surface area (Å²) in [5.74, 6) is 0. The van der Waals surface area contributed by atoms with Crippen LogP contribution in [0.1, 0.15) is 1.43 Å². The largest absolute Gasteiger partial charge is 1.00 e. The fourth-order valence-electron chi connectivity index (χ4n) is 1.06. The van der Waals surface area contributed by atoms with Crippen LogP contribution in [0.15, 0.2) is 48.7 Å². The average molecular weight is 196 g/mol. The first-order valence-corrected chi connectivity index (χ1v) is 3.80. The van der Waals surface area contributed by atoms with Crippen LogP contribution in [0.5, 0.6) is 0 Å². The van der Waals surface area contributed by atoms with Gasteiger partial charge in [-0.25, -0.2) is 0 Å². The van der Waals surface area contributed by atoms with Crippen LogP contribution >= 0.6 is 0 Å². The molecule has 0 fully saturated rings. The molecule has 0 atom stereocenters. The average Bonchev–Trinajstić information content (AvgIpc) is 2.21. The Morgan fingerprint density at radius 2 is 1.69 bits per heavy atom. The predicted molar refractivity (Wildman–Crippen MR) is 48.6 cm³/mol. The van der Waals surface area contributed by atoms with Crippen molar-refractivity contribution in [2.24, 2.45) is 0 Å². The van der Waals surface area contributed by atoms with E-state index in [1.165, 1.54) is 0 Å². The van der Waals surface area contributed by atoms with Gasteiger partial charge in [-0.15, -0.1) is 0 Å². The molecule has 0 aliphatic rings. The molecule has 3 heteroatoms. The number of hydrogen-bond donors (Lipinski definition) is 0. The summed E-state index contributed by atoms with van der Waals surface area (Å²) in [5.41, 5.74) is 2.02. The predicted octanol–water partition coefficient (Wildman–Crippen LogP) is -0.740. The van der Waals surface area contributed by atoms with Gasteiger partial charge in [-0.1, -0.05) is 30.3 Å². The number of benzene rings is 1. The zero-order valence-electron chi connectivity index (χ0n) is 8.51. The van der Waals surface area contributed by atoms with Crippen LogP contribution in [0, 0.1) is 0 Å². The minimum Gasteiger partial charge on any atom is -1.00 e. The molecule has 0 aliphatic carbocycles. The molecule has 0 saturated carbocycles. The van der Waals surface area contributed by atoms with E-state index in [-0.39, 0.29) is 52.8 Å². The summed E-state index contributed by atoms with van der Waals surface area (Å²) >= 11 is 0. The summed E-state index contributed by atoms with van der Waals surface area (Å²) in [6.07, 6.45) is 1.67. The van der Waals surface area contributed by atoms with Gasteiger partial charge in [0.15, 0.2) is 0 Å². The van der Waals surface area contributed by atoms with E-state index in [0.29, 0.717) is 0 Å². The van der Waals surface area contributed by atoms with Crippen molar-refractivity contribution in [3.8, 4) is 11.3 Å². The molecule has 0 N–H and O–H groups in total. The van der Waals surface area contributed by atoms with Gasteiger partial charge in [0.1, 0.15) is 0 Å². The van der Waals surface area contributed by atoms with Crippen molar-refractivity contribution >= 4 is 0 Å². The SMILES string of the molecule is [H-].[K+].c1ccc(-c2cccnn2)cc1. The Bertz CT molecular complexity index is 316. The van der Waals surface area contributed by atoms with Crippen molar-refractivity contribution in [1.29, 1.82) is 0 Å². The van der Waals surface area contributed by atoms with Gasteiger partial charge < -0.3 is 1.43 Å². The van der Waals surface area contributed by atoms with E-state index in [1.807, 2.05) is 42.5 Å². The molecule has 13 heavy (non-hydrogen) atoms. The fraction of sp³-hybridized carbons (Fsp3) is 0. The molecule has 60 valence electrons. The van der Waals surface area contributed by atoms with Gasteiger partial charge in [0.2, 0.25) is 0 Å². The van der Waals surface area contributed by atoms with Crippen LogP contribution in [0.3, 0.4) is 0 Å². The Balaban J connectivity index is 0.000000845. The standard InChI is InChI=1S/C10H8N2.K.H/c1-2-5-9(6-3-1)10-7-4-8-11-12-10;;/h1-8H;;/q;+1;-1. The van der Waals surface area contributed by atoms with E-state index >= 15 is 0 Å². The normalized spacial score (nSPS) is 8.92. The van der Waals surface area contributed by atoms with Gasteiger partial charge in [-0.3, -0.25) is 0 Å². The fourth-order valence-corrected chi connectivity index (χ4v) is 1.06. The summed E-state index contributed by atoms with van der Waals surface area (Å²) in [6.45, 7) is 0. The second-order valence-electron chi connectivity index (χ2n) is 2.47. The molecule has 0 saturated heterocycles. The third-order valence-electron chi connectivity index (χ3n) is 1.64. The van der Waals surface area contributed by atoms with Crippen LogP contribution in [-0.4, -0.2) is 10.2 Å². The van der Waals surface area contributed by atoms with Crippen molar-refractivity contribution in [3.63, 3.8) is 0 Å². The van der Waals surface area contributed by atoms with Crippen molar-refractivity contribution < 1.29 is 52.8 Å². The number of rotatable bonds is 1. The van der Waals surface area contributed by atoms with Crippen LogP contribution in [0.4, 0.5) is 0 Å². The smallest absolute Gasteiger partial charge is 1.00 e. The summed E-state index contributed by atoms with van der Waals surface area (Å²) in [6, 6.07) is 13.8. The minimum absolute atomic E-state index is 0. The Hall–Kier alpha value is -0.0636. The molecule has 2 nitrogen and oxygen atoms in total. The summed E-state index contributed by atoms with van der Waals surface area (Å²) in [7, 11) is 0. The topological polar surface area (TPSA) is 25.8 Å². The maximum atomic E-state index is 4.00. The van der Waals surface area contributed by atoms with E-state index in [4.69, 9.17) is 0 Å². The molecular weight excluding hydrogens is 187 g/mol. The maximum Gasteiger partial charge on any atom is 1.00 e. The first kappa shape index (κ1) is 11.0. The molecule has 1 heterocycles. The van der Waals surface area contributed by atoms with Gasteiger partial charge in [-0.2, -0.15) is 10.2 Å². The van der Waals surface area contributed by atoms with Crippen LogP contribution < -0.4 is 51.4 Å². The van der Waals surface area contributed by atoms with Crippen molar-refractivity contribution in [1.82, 2.24) is 10.2 Å². The van der Waals surface area contributed by atoms with E-state index in [1.54, 1.807) is 6.20 Å². The number of nitrogens with zero attached hydrogens (tertiary/aromatic N) is 2. The molecule has 1 aromatic carbocycles. The van der Waals surface area contributed by atoms with Crippen LogP contribution in [0.2, 0.25) is 0 Å². The van der Waals surface area contributed by atoms with Gasteiger partial charge in [0.25, 0.3) is 0 Å². The minimum atomic E-state index is 0. The number of aromatic nitrogens is 2. The molecule has 0 unspecified atom stereocenters. The van der Waals surface area contributed by atoms with E-state index < -0.39 is 0 Å². The Morgan fingerprint density at radius 1 is 0.923 bits per heavy atom. The van der Waals surface area contributed by atoms with Crippen molar-refractivity contribution in [2.45, 2.75) is 0 Å². The molecule has 0 aliphatic heterocycles. The zero-order valence-corrected chi connectivity index (χ0v) is 10.6.